The highest BCUT2D eigenvalue weighted by Crippen LogP contribution is 2.29. The SMILES string of the molecule is O=C1NN(c2ccc(Cl)c(Cl)c2)C(=O)/C1=C/c1cccc([N+](=O)[O-])c1. The van der Waals surface area contributed by atoms with Gasteiger partial charge in [-0.05, 0) is 29.8 Å². The van der Waals surface area contributed by atoms with Crippen LogP contribution in [-0.2, 0) is 9.59 Å². The summed E-state index contributed by atoms with van der Waals surface area (Å²) in [4.78, 5) is 34.9. The van der Waals surface area contributed by atoms with Crippen molar-refractivity contribution in [3.05, 3.63) is 73.8 Å². The standard InChI is InChI=1S/C16H9Cl2N3O4/c17-13-5-4-10(8-14(13)18)20-16(23)12(15(22)19-20)7-9-2-1-3-11(6-9)21(24)25/h1-8H,(H,19,22)/b12-7+. The summed E-state index contributed by atoms with van der Waals surface area (Å²) in [5, 5.41) is 12.4. The molecule has 0 aromatic heterocycles. The lowest BCUT2D eigenvalue weighted by molar-refractivity contribution is -0.384. The second-order valence-corrected chi connectivity index (χ2v) is 5.90. The van der Waals surface area contributed by atoms with E-state index in [4.69, 9.17) is 23.2 Å². The number of hydrogen-bond acceptors (Lipinski definition) is 4. The van der Waals surface area contributed by atoms with Crippen LogP contribution in [0.25, 0.3) is 6.08 Å². The van der Waals surface area contributed by atoms with Crippen LogP contribution in [0.5, 0.6) is 0 Å². The summed E-state index contributed by atoms with van der Waals surface area (Å²) < 4.78 is 0. The van der Waals surface area contributed by atoms with Crippen molar-refractivity contribution in [1.29, 1.82) is 0 Å². The molecule has 1 aliphatic rings. The summed E-state index contributed by atoms with van der Waals surface area (Å²) >= 11 is 11.8. The molecule has 25 heavy (non-hydrogen) atoms. The number of rotatable bonds is 3. The summed E-state index contributed by atoms with van der Waals surface area (Å²) in [6, 6.07) is 10.1. The molecule has 0 spiro atoms. The fraction of sp³-hybridized carbons (Fsp3) is 0. The van der Waals surface area contributed by atoms with Crippen molar-refractivity contribution in [3.8, 4) is 0 Å². The number of nitrogens with one attached hydrogen (secondary N) is 1. The third-order valence-electron chi connectivity index (χ3n) is 3.44. The number of benzene rings is 2. The number of hydrazine groups is 1. The van der Waals surface area contributed by atoms with Crippen molar-refractivity contribution < 1.29 is 14.5 Å². The van der Waals surface area contributed by atoms with Crippen molar-refractivity contribution in [3.63, 3.8) is 0 Å². The highest BCUT2D eigenvalue weighted by molar-refractivity contribution is 6.42. The van der Waals surface area contributed by atoms with Crippen LogP contribution in [0.3, 0.4) is 0 Å². The monoisotopic (exact) mass is 377 g/mol. The van der Waals surface area contributed by atoms with Gasteiger partial charge in [-0.15, -0.1) is 0 Å². The minimum Gasteiger partial charge on any atom is -0.267 e. The number of carbonyl (C=O) groups is 2. The van der Waals surface area contributed by atoms with Crippen LogP contribution in [0.1, 0.15) is 5.56 Å². The molecule has 0 aliphatic carbocycles. The molecular formula is C16H9Cl2N3O4. The van der Waals surface area contributed by atoms with Crippen LogP contribution in [0.15, 0.2) is 48.0 Å². The molecule has 3 rings (SSSR count). The van der Waals surface area contributed by atoms with Gasteiger partial charge < -0.3 is 0 Å². The van der Waals surface area contributed by atoms with Gasteiger partial charge in [-0.3, -0.25) is 25.1 Å². The van der Waals surface area contributed by atoms with Gasteiger partial charge in [-0.25, -0.2) is 5.01 Å². The molecule has 0 radical (unpaired) electrons. The maximum Gasteiger partial charge on any atom is 0.282 e. The molecule has 2 amide bonds. The van der Waals surface area contributed by atoms with Gasteiger partial charge >= 0.3 is 0 Å². The molecule has 7 nitrogen and oxygen atoms in total. The zero-order valence-electron chi connectivity index (χ0n) is 12.4. The highest BCUT2D eigenvalue weighted by Gasteiger charge is 2.34. The molecule has 0 atom stereocenters. The average Bonchev–Trinajstić information content (AvgIpc) is 2.86. The predicted molar refractivity (Wildman–Crippen MR) is 93.2 cm³/mol. The Morgan fingerprint density at radius 3 is 2.52 bits per heavy atom. The van der Waals surface area contributed by atoms with Crippen LogP contribution in [0.4, 0.5) is 11.4 Å². The molecule has 126 valence electrons. The number of non-ortho nitro benzene ring substituents is 1. The number of anilines is 1. The lowest BCUT2D eigenvalue weighted by Crippen LogP contribution is -2.35. The number of hydrogen-bond donors (Lipinski definition) is 1. The van der Waals surface area contributed by atoms with E-state index in [0.29, 0.717) is 16.3 Å². The molecule has 1 N–H and O–H groups in total. The van der Waals surface area contributed by atoms with Crippen LogP contribution >= 0.6 is 23.2 Å². The largest absolute Gasteiger partial charge is 0.282 e. The van der Waals surface area contributed by atoms with Gasteiger partial charge in [0.1, 0.15) is 5.57 Å². The van der Waals surface area contributed by atoms with Crippen molar-refractivity contribution >= 4 is 52.5 Å². The van der Waals surface area contributed by atoms with E-state index in [1.807, 2.05) is 0 Å². The summed E-state index contributed by atoms with van der Waals surface area (Å²) in [7, 11) is 0. The topological polar surface area (TPSA) is 92.6 Å². The van der Waals surface area contributed by atoms with Crippen molar-refractivity contribution in [1.82, 2.24) is 5.43 Å². The Kier molecular flexibility index (Phi) is 4.43. The number of nitro groups is 1. The Morgan fingerprint density at radius 2 is 1.84 bits per heavy atom. The second kappa shape index (κ2) is 6.54. The first-order valence-corrected chi connectivity index (χ1v) is 7.69. The molecule has 9 heteroatoms. The van der Waals surface area contributed by atoms with Crippen molar-refractivity contribution in [2.75, 3.05) is 5.01 Å². The van der Waals surface area contributed by atoms with E-state index in [1.54, 1.807) is 6.07 Å². The molecule has 2 aromatic rings. The van der Waals surface area contributed by atoms with Crippen LogP contribution < -0.4 is 10.4 Å². The molecule has 1 aliphatic heterocycles. The lowest BCUT2D eigenvalue weighted by Gasteiger charge is -2.15. The predicted octanol–water partition coefficient (Wildman–Crippen LogP) is 3.36. The number of nitro benzene ring substituents is 1. The van der Waals surface area contributed by atoms with Gasteiger partial charge in [-0.2, -0.15) is 0 Å². The van der Waals surface area contributed by atoms with Crippen molar-refractivity contribution in [2.24, 2.45) is 0 Å². The first-order chi connectivity index (χ1) is 11.9. The van der Waals surface area contributed by atoms with E-state index in [2.05, 4.69) is 5.43 Å². The third kappa shape index (κ3) is 3.33. The fourth-order valence-corrected chi connectivity index (χ4v) is 2.55. The van der Waals surface area contributed by atoms with E-state index in [1.165, 1.54) is 42.5 Å². The average molecular weight is 378 g/mol. The zero-order valence-corrected chi connectivity index (χ0v) is 13.9. The van der Waals surface area contributed by atoms with E-state index in [-0.39, 0.29) is 16.3 Å². The quantitative estimate of drug-likeness (QED) is 0.384. The van der Waals surface area contributed by atoms with E-state index < -0.39 is 16.7 Å². The summed E-state index contributed by atoms with van der Waals surface area (Å²) in [6.07, 6.45) is 1.29. The molecule has 2 aromatic carbocycles. The third-order valence-corrected chi connectivity index (χ3v) is 4.18. The fourth-order valence-electron chi connectivity index (χ4n) is 2.26. The summed E-state index contributed by atoms with van der Waals surface area (Å²) in [6.45, 7) is 0. The smallest absolute Gasteiger partial charge is 0.267 e. The Labute approximate surface area is 151 Å². The Hall–Kier alpha value is -2.90. The zero-order chi connectivity index (χ0) is 18.1. The number of halogens is 2. The lowest BCUT2D eigenvalue weighted by atomic mass is 10.1. The molecule has 1 fully saturated rings. The van der Waals surface area contributed by atoms with Crippen molar-refractivity contribution in [2.45, 2.75) is 0 Å². The first-order valence-electron chi connectivity index (χ1n) is 6.93. The van der Waals surface area contributed by atoms with Gasteiger partial charge in [0.05, 0.1) is 20.7 Å². The minimum atomic E-state index is -0.623. The van der Waals surface area contributed by atoms with Crippen LogP contribution in [0.2, 0.25) is 10.0 Å². The molecule has 1 heterocycles. The van der Waals surface area contributed by atoms with E-state index in [0.717, 1.165) is 5.01 Å². The Balaban J connectivity index is 1.94. The Bertz CT molecular complexity index is 943. The number of carbonyl (C=O) groups excluding carboxylic acids is 2. The summed E-state index contributed by atoms with van der Waals surface area (Å²) in [5.41, 5.74) is 2.84. The van der Waals surface area contributed by atoms with Gasteiger partial charge in [0.2, 0.25) is 0 Å². The molecule has 0 bridgehead atoms. The number of amides is 2. The maximum atomic E-state index is 12.5. The minimum absolute atomic E-state index is 0.137. The van der Waals surface area contributed by atoms with Gasteiger partial charge in [0.25, 0.3) is 17.5 Å². The van der Waals surface area contributed by atoms with Crippen LogP contribution in [-0.4, -0.2) is 16.7 Å². The maximum absolute atomic E-state index is 12.5. The van der Waals surface area contributed by atoms with Gasteiger partial charge in [0.15, 0.2) is 0 Å². The Morgan fingerprint density at radius 1 is 1.08 bits per heavy atom. The molecular weight excluding hydrogens is 369 g/mol. The van der Waals surface area contributed by atoms with E-state index >= 15 is 0 Å². The number of nitrogens with zero attached hydrogens (tertiary/aromatic N) is 2. The van der Waals surface area contributed by atoms with Crippen LogP contribution in [0, 0.1) is 10.1 Å². The molecule has 1 saturated heterocycles. The highest BCUT2D eigenvalue weighted by atomic mass is 35.5. The second-order valence-electron chi connectivity index (χ2n) is 5.09. The normalized spacial score (nSPS) is 15.6. The van der Waals surface area contributed by atoms with Gasteiger partial charge in [-0.1, -0.05) is 35.3 Å². The summed E-state index contributed by atoms with van der Waals surface area (Å²) in [5.74, 6) is -1.22. The molecule has 0 saturated carbocycles. The van der Waals surface area contributed by atoms with Gasteiger partial charge in [0, 0.05) is 12.1 Å². The molecule has 0 unspecified atom stereocenters. The van der Waals surface area contributed by atoms with E-state index in [9.17, 15) is 19.7 Å². The first kappa shape index (κ1) is 16.9.